The number of fused-ring (bicyclic) bond motifs is 1. The third-order valence-corrected chi connectivity index (χ3v) is 7.03. The van der Waals surface area contributed by atoms with Gasteiger partial charge in [0, 0.05) is 19.4 Å². The monoisotopic (exact) mass is 536 g/mol. The highest BCUT2D eigenvalue weighted by Gasteiger charge is 2.53. The fraction of sp³-hybridized carbons (Fsp3) is 0.519. The van der Waals surface area contributed by atoms with Gasteiger partial charge in [-0.2, -0.15) is 13.2 Å². The molecular formula is C27H31F3N2O6. The van der Waals surface area contributed by atoms with E-state index in [9.17, 15) is 18.0 Å². The largest absolute Gasteiger partial charge is 0.493 e. The van der Waals surface area contributed by atoms with Crippen LogP contribution in [0.1, 0.15) is 36.1 Å². The first-order valence-electron chi connectivity index (χ1n) is 12.6. The number of likely N-dealkylation sites (tertiary alicyclic amines) is 1. The maximum atomic E-state index is 12.8. The second kappa shape index (κ2) is 12.1. The number of halogens is 3. The van der Waals surface area contributed by atoms with Gasteiger partial charge in [-0.1, -0.05) is 18.2 Å². The average molecular weight is 537 g/mol. The molecule has 1 spiro atoms. The molecule has 3 aliphatic heterocycles. The quantitative estimate of drug-likeness (QED) is 0.538. The highest BCUT2D eigenvalue weighted by molar-refractivity contribution is 5.80. The van der Waals surface area contributed by atoms with E-state index in [4.69, 9.17) is 24.1 Å². The van der Waals surface area contributed by atoms with Crippen LogP contribution in [0.4, 0.5) is 13.2 Å². The van der Waals surface area contributed by atoms with Gasteiger partial charge in [-0.15, -0.1) is 0 Å². The van der Waals surface area contributed by atoms with E-state index in [1.165, 1.54) is 5.56 Å². The molecule has 11 heteroatoms. The van der Waals surface area contributed by atoms with E-state index in [0.29, 0.717) is 38.6 Å². The van der Waals surface area contributed by atoms with Crippen LogP contribution in [0.25, 0.3) is 0 Å². The molecule has 1 unspecified atom stereocenters. The number of hydrogen-bond donors (Lipinski definition) is 1. The molecule has 0 saturated carbocycles. The molecule has 0 radical (unpaired) electrons. The van der Waals surface area contributed by atoms with E-state index in [1.54, 1.807) is 6.20 Å². The van der Waals surface area contributed by atoms with Crippen molar-refractivity contribution in [3.05, 3.63) is 59.4 Å². The Bertz CT molecular complexity index is 1110. The molecule has 0 aliphatic carbocycles. The molecule has 4 heterocycles. The second-order valence-corrected chi connectivity index (χ2v) is 9.68. The molecule has 38 heavy (non-hydrogen) atoms. The number of carbonyl (C=O) groups is 2. The van der Waals surface area contributed by atoms with E-state index >= 15 is 0 Å². The van der Waals surface area contributed by atoms with Gasteiger partial charge >= 0.3 is 12.1 Å². The molecule has 5 rings (SSSR count). The van der Waals surface area contributed by atoms with Gasteiger partial charge in [0.1, 0.15) is 11.4 Å². The first-order valence-corrected chi connectivity index (χ1v) is 12.6. The summed E-state index contributed by atoms with van der Waals surface area (Å²) in [6, 6.07) is 12.0. The highest BCUT2D eigenvalue weighted by Crippen LogP contribution is 2.42. The van der Waals surface area contributed by atoms with Crippen LogP contribution in [0.3, 0.4) is 0 Å². The Balaban J connectivity index is 0.000000426. The van der Waals surface area contributed by atoms with Crippen LogP contribution in [0, 0.1) is 5.92 Å². The number of aromatic nitrogens is 1. The third-order valence-electron chi connectivity index (χ3n) is 7.03. The summed E-state index contributed by atoms with van der Waals surface area (Å²) in [5.41, 5.74) is 3.07. The molecule has 1 aromatic heterocycles. The minimum Gasteiger partial charge on any atom is -0.493 e. The maximum absolute atomic E-state index is 12.8. The van der Waals surface area contributed by atoms with E-state index in [1.807, 2.05) is 35.2 Å². The predicted molar refractivity (Wildman–Crippen MR) is 130 cm³/mol. The number of rotatable bonds is 7. The van der Waals surface area contributed by atoms with Crippen LogP contribution in [0.5, 0.6) is 5.75 Å². The van der Waals surface area contributed by atoms with Crippen LogP contribution in [-0.2, 0) is 38.5 Å². The number of aryl methyl sites for hydroxylation is 1. The number of carboxylic acid groups (broad SMARTS) is 1. The Morgan fingerprint density at radius 2 is 1.97 bits per heavy atom. The number of alkyl halides is 3. The lowest BCUT2D eigenvalue weighted by Gasteiger charge is -2.50. The van der Waals surface area contributed by atoms with Gasteiger partial charge in [0.05, 0.1) is 38.4 Å². The first kappa shape index (κ1) is 27.8. The van der Waals surface area contributed by atoms with Crippen LogP contribution in [0.15, 0.2) is 42.6 Å². The van der Waals surface area contributed by atoms with Crippen molar-refractivity contribution in [1.82, 2.24) is 9.88 Å². The topological polar surface area (TPSA) is 98.2 Å². The molecular weight excluding hydrogens is 505 g/mol. The third kappa shape index (κ3) is 7.02. The van der Waals surface area contributed by atoms with Crippen molar-refractivity contribution in [2.75, 3.05) is 32.9 Å². The van der Waals surface area contributed by atoms with Crippen molar-refractivity contribution < 1.29 is 42.1 Å². The molecule has 1 amide bonds. The standard InChI is InChI=1S/C25H30N2O4.C2HF3O2/c28-24(15-19-6-7-23-20(14-19)4-3-11-30-23)27-17-25(18-27)21(9-13-31-25)8-12-29-16-22-5-1-2-10-26-22;3-2(4,5)1(6)7/h1-2,5-7,10,14,21H,3-4,8-9,11-13,15-18H2;(H,6,7). The molecule has 0 bridgehead atoms. The van der Waals surface area contributed by atoms with Crippen molar-refractivity contribution in [3.63, 3.8) is 0 Å². The molecule has 8 nitrogen and oxygen atoms in total. The summed E-state index contributed by atoms with van der Waals surface area (Å²) < 4.78 is 49.4. The fourth-order valence-electron chi connectivity index (χ4n) is 5.01. The number of hydrogen-bond acceptors (Lipinski definition) is 6. The van der Waals surface area contributed by atoms with Crippen molar-refractivity contribution >= 4 is 11.9 Å². The first-order chi connectivity index (χ1) is 18.2. The van der Waals surface area contributed by atoms with E-state index in [2.05, 4.69) is 11.1 Å². The van der Waals surface area contributed by atoms with Crippen LogP contribution in [-0.4, -0.2) is 71.6 Å². The summed E-state index contributed by atoms with van der Waals surface area (Å²) in [5.74, 6) is -1.16. The Labute approximate surface area is 218 Å². The SMILES string of the molecule is O=C(Cc1ccc2c(c1)CCCO2)N1CC2(C1)OCCC2CCOCc1ccccn1.O=C(O)C(F)(F)F. The van der Waals surface area contributed by atoms with Crippen molar-refractivity contribution in [2.45, 2.75) is 50.5 Å². The molecule has 2 saturated heterocycles. The highest BCUT2D eigenvalue weighted by atomic mass is 19.4. The Morgan fingerprint density at radius 3 is 2.68 bits per heavy atom. The van der Waals surface area contributed by atoms with Gasteiger partial charge in [0.2, 0.25) is 5.91 Å². The van der Waals surface area contributed by atoms with Gasteiger partial charge in [0.25, 0.3) is 0 Å². The minimum absolute atomic E-state index is 0.173. The lowest BCUT2D eigenvalue weighted by atomic mass is 9.79. The number of benzene rings is 1. The zero-order valence-electron chi connectivity index (χ0n) is 20.9. The zero-order valence-corrected chi connectivity index (χ0v) is 20.9. The molecule has 206 valence electrons. The Hall–Kier alpha value is -3.18. The normalized spacial score (nSPS) is 19.6. The summed E-state index contributed by atoms with van der Waals surface area (Å²) in [4.78, 5) is 28.0. The Kier molecular flexibility index (Phi) is 8.88. The molecule has 2 fully saturated rings. The van der Waals surface area contributed by atoms with E-state index in [0.717, 1.165) is 55.9 Å². The predicted octanol–water partition coefficient (Wildman–Crippen LogP) is 3.81. The van der Waals surface area contributed by atoms with Gasteiger partial charge in [-0.05, 0) is 60.9 Å². The molecule has 1 aromatic carbocycles. The van der Waals surface area contributed by atoms with Crippen molar-refractivity contribution in [2.24, 2.45) is 5.92 Å². The number of carboxylic acids is 1. The molecule has 1 N–H and O–H groups in total. The van der Waals surface area contributed by atoms with Crippen molar-refractivity contribution in [3.8, 4) is 5.75 Å². The number of amides is 1. The van der Waals surface area contributed by atoms with Crippen LogP contribution >= 0.6 is 0 Å². The lowest BCUT2D eigenvalue weighted by Crippen LogP contribution is -2.66. The lowest BCUT2D eigenvalue weighted by molar-refractivity contribution is -0.192. The zero-order chi connectivity index (χ0) is 27.2. The summed E-state index contributed by atoms with van der Waals surface area (Å²) in [7, 11) is 0. The molecule has 2 aromatic rings. The minimum atomic E-state index is -5.08. The molecule has 3 aliphatic rings. The van der Waals surface area contributed by atoms with Crippen LogP contribution in [0.2, 0.25) is 0 Å². The number of ether oxygens (including phenoxy) is 3. The number of pyridine rings is 1. The smallest absolute Gasteiger partial charge is 0.490 e. The molecule has 1 atom stereocenters. The number of carbonyl (C=O) groups excluding carboxylic acids is 1. The number of aliphatic carboxylic acids is 1. The van der Waals surface area contributed by atoms with E-state index in [-0.39, 0.29) is 11.5 Å². The summed E-state index contributed by atoms with van der Waals surface area (Å²) in [5, 5.41) is 7.12. The van der Waals surface area contributed by atoms with Gasteiger partial charge in [0.15, 0.2) is 0 Å². The maximum Gasteiger partial charge on any atom is 0.490 e. The van der Waals surface area contributed by atoms with Gasteiger partial charge in [-0.3, -0.25) is 9.78 Å². The van der Waals surface area contributed by atoms with Gasteiger partial charge < -0.3 is 24.2 Å². The average Bonchev–Trinajstić information content (AvgIpc) is 3.30. The number of nitrogens with zero attached hydrogens (tertiary/aromatic N) is 2. The fourth-order valence-corrected chi connectivity index (χ4v) is 5.01. The van der Waals surface area contributed by atoms with E-state index < -0.39 is 12.1 Å². The van der Waals surface area contributed by atoms with Crippen molar-refractivity contribution in [1.29, 1.82) is 0 Å². The van der Waals surface area contributed by atoms with Crippen LogP contribution < -0.4 is 4.74 Å². The Morgan fingerprint density at radius 1 is 1.18 bits per heavy atom. The van der Waals surface area contributed by atoms with Gasteiger partial charge in [-0.25, -0.2) is 4.79 Å². The summed E-state index contributed by atoms with van der Waals surface area (Å²) in [6.07, 6.45) is 1.22. The summed E-state index contributed by atoms with van der Waals surface area (Å²) >= 11 is 0. The summed E-state index contributed by atoms with van der Waals surface area (Å²) in [6.45, 7) is 4.19. The second-order valence-electron chi connectivity index (χ2n) is 9.68.